The molecule has 1 amide bonds. The van der Waals surface area contributed by atoms with Crippen LogP contribution in [0.1, 0.15) is 41.8 Å². The first-order valence-corrected chi connectivity index (χ1v) is 13.6. The zero-order chi connectivity index (χ0) is 28.8. The van der Waals surface area contributed by atoms with E-state index in [2.05, 4.69) is 68.2 Å². The Hall–Kier alpha value is -4.15. The van der Waals surface area contributed by atoms with Gasteiger partial charge in [-0.25, -0.2) is 0 Å². The van der Waals surface area contributed by atoms with E-state index in [9.17, 15) is 18.0 Å². The van der Waals surface area contributed by atoms with Crippen molar-refractivity contribution < 1.29 is 22.7 Å². The number of pyridine rings is 1. The lowest BCUT2D eigenvalue weighted by Gasteiger charge is -2.49. The highest BCUT2D eigenvalue weighted by Crippen LogP contribution is 2.48. The van der Waals surface area contributed by atoms with Crippen molar-refractivity contribution in [3.63, 3.8) is 0 Å². The number of nitrogens with one attached hydrogen (secondary N) is 1. The van der Waals surface area contributed by atoms with Crippen LogP contribution in [0.3, 0.4) is 0 Å². The van der Waals surface area contributed by atoms with Gasteiger partial charge in [-0.15, -0.1) is 5.10 Å². The minimum atomic E-state index is -4.49. The third-order valence-corrected chi connectivity index (χ3v) is 8.32. The van der Waals surface area contributed by atoms with Crippen LogP contribution in [0.4, 0.5) is 18.9 Å². The molecule has 2 aromatic heterocycles. The molecule has 1 aliphatic carbocycles. The Morgan fingerprint density at radius 2 is 1.76 bits per heavy atom. The molecule has 4 heterocycles. The number of amides is 1. The molecule has 1 spiro atoms. The standard InChI is InChI=1S/C30H31F3N6O2/c1-20-13-28(17-38(20)2)18-39(19-28)23-6-3-21(4-7-23)14-35-27(40)29(11-12-29)24-9-10-26(37-36-24)41-16-22-5-8-25(34-15-22)30(31,32)33/h3-10,15H,1,11-14,16-19H2,2H3,(H,35,40). The molecular weight excluding hydrogens is 533 g/mol. The molecule has 0 radical (unpaired) electrons. The number of rotatable bonds is 8. The van der Waals surface area contributed by atoms with Gasteiger partial charge in [-0.05, 0) is 49.1 Å². The quantitative estimate of drug-likeness (QED) is 0.432. The maximum absolute atomic E-state index is 13.1. The van der Waals surface area contributed by atoms with Crippen molar-refractivity contribution in [3.05, 3.63) is 89.5 Å². The molecule has 6 rings (SSSR count). The number of ether oxygens (including phenoxy) is 1. The summed E-state index contributed by atoms with van der Waals surface area (Å²) in [6.45, 7) is 7.71. The molecule has 2 aliphatic heterocycles. The molecule has 3 aliphatic rings. The van der Waals surface area contributed by atoms with Gasteiger partial charge in [0, 0.05) is 67.9 Å². The van der Waals surface area contributed by atoms with Crippen LogP contribution in [0, 0.1) is 5.41 Å². The zero-order valence-corrected chi connectivity index (χ0v) is 22.7. The Labute approximate surface area is 236 Å². The van der Waals surface area contributed by atoms with Crippen LogP contribution in [0.15, 0.2) is 67.0 Å². The number of carbonyl (C=O) groups excluding carboxylic acids is 1. The molecule has 41 heavy (non-hydrogen) atoms. The molecule has 0 atom stereocenters. The number of anilines is 1. The molecule has 8 nitrogen and oxygen atoms in total. The number of alkyl halides is 3. The second-order valence-electron chi connectivity index (χ2n) is 11.5. The molecule has 2 saturated heterocycles. The van der Waals surface area contributed by atoms with Crippen molar-refractivity contribution >= 4 is 11.6 Å². The first-order valence-electron chi connectivity index (χ1n) is 13.6. The van der Waals surface area contributed by atoms with E-state index in [1.165, 1.54) is 17.5 Å². The lowest BCUT2D eigenvalue weighted by atomic mass is 9.78. The number of nitrogens with zero attached hydrogens (tertiary/aromatic N) is 5. The summed E-state index contributed by atoms with van der Waals surface area (Å²) in [6.07, 6.45) is -0.941. The van der Waals surface area contributed by atoms with Crippen molar-refractivity contribution in [1.29, 1.82) is 0 Å². The van der Waals surface area contributed by atoms with E-state index in [1.807, 2.05) is 0 Å². The van der Waals surface area contributed by atoms with Crippen molar-refractivity contribution in [3.8, 4) is 5.88 Å². The summed E-state index contributed by atoms with van der Waals surface area (Å²) < 4.78 is 43.6. The number of benzene rings is 1. The van der Waals surface area contributed by atoms with Gasteiger partial charge in [-0.2, -0.15) is 18.3 Å². The Balaban J connectivity index is 0.988. The van der Waals surface area contributed by atoms with E-state index in [0.717, 1.165) is 43.9 Å². The van der Waals surface area contributed by atoms with Crippen LogP contribution < -0.4 is 15.0 Å². The van der Waals surface area contributed by atoms with Crippen LogP contribution in [0.2, 0.25) is 0 Å². The maximum Gasteiger partial charge on any atom is 0.433 e. The molecule has 0 unspecified atom stereocenters. The molecule has 3 fully saturated rings. The van der Waals surface area contributed by atoms with E-state index in [-0.39, 0.29) is 18.4 Å². The monoisotopic (exact) mass is 564 g/mol. The summed E-state index contributed by atoms with van der Waals surface area (Å²) in [5.41, 5.74) is 3.14. The first-order chi connectivity index (χ1) is 19.6. The van der Waals surface area contributed by atoms with Crippen molar-refractivity contribution in [1.82, 2.24) is 25.4 Å². The largest absolute Gasteiger partial charge is 0.472 e. The average molecular weight is 565 g/mol. The lowest BCUT2D eigenvalue weighted by Crippen LogP contribution is -2.57. The van der Waals surface area contributed by atoms with E-state index in [0.29, 0.717) is 36.1 Å². The van der Waals surface area contributed by atoms with Gasteiger partial charge in [0.25, 0.3) is 0 Å². The van der Waals surface area contributed by atoms with Crippen LogP contribution >= 0.6 is 0 Å². The number of allylic oxidation sites excluding steroid dienone is 1. The highest BCUT2D eigenvalue weighted by molar-refractivity contribution is 5.90. The fourth-order valence-corrected chi connectivity index (χ4v) is 5.78. The second-order valence-corrected chi connectivity index (χ2v) is 11.5. The summed E-state index contributed by atoms with van der Waals surface area (Å²) in [6, 6.07) is 13.9. The van der Waals surface area contributed by atoms with Gasteiger partial charge in [0.1, 0.15) is 12.3 Å². The van der Waals surface area contributed by atoms with Crippen molar-refractivity contribution in [2.45, 2.75) is 44.0 Å². The third kappa shape index (κ3) is 5.45. The maximum atomic E-state index is 13.1. The summed E-state index contributed by atoms with van der Waals surface area (Å²) in [7, 11) is 2.11. The second kappa shape index (κ2) is 10.0. The van der Waals surface area contributed by atoms with Crippen molar-refractivity contribution in [2.75, 3.05) is 31.6 Å². The van der Waals surface area contributed by atoms with Crippen LogP contribution in [-0.2, 0) is 29.5 Å². The van der Waals surface area contributed by atoms with Gasteiger partial charge in [-0.3, -0.25) is 9.78 Å². The van der Waals surface area contributed by atoms with E-state index in [1.54, 1.807) is 12.1 Å². The molecule has 214 valence electrons. The Morgan fingerprint density at radius 3 is 2.32 bits per heavy atom. The highest BCUT2D eigenvalue weighted by atomic mass is 19.4. The molecule has 1 saturated carbocycles. The SMILES string of the molecule is C=C1CC2(CN1C)CN(c1ccc(CNC(=O)C3(c4ccc(OCc5ccc(C(F)(F)F)nc5)nn4)CC3)cc1)C2. The number of carbonyl (C=O) groups is 1. The fourth-order valence-electron chi connectivity index (χ4n) is 5.78. The molecule has 1 N–H and O–H groups in total. The zero-order valence-electron chi connectivity index (χ0n) is 22.7. The normalized spacial score (nSPS) is 18.8. The van der Waals surface area contributed by atoms with Gasteiger partial charge >= 0.3 is 6.18 Å². The number of likely N-dealkylation sites (tertiary alicyclic amines) is 1. The van der Waals surface area contributed by atoms with E-state index >= 15 is 0 Å². The predicted octanol–water partition coefficient (Wildman–Crippen LogP) is 4.47. The Kier molecular flexibility index (Phi) is 6.62. The smallest absolute Gasteiger partial charge is 0.433 e. The minimum absolute atomic E-state index is 0.00465. The van der Waals surface area contributed by atoms with E-state index in [4.69, 9.17) is 4.74 Å². The summed E-state index contributed by atoms with van der Waals surface area (Å²) in [5, 5.41) is 11.3. The molecule has 3 aromatic rings. The Bertz CT molecular complexity index is 1430. The highest BCUT2D eigenvalue weighted by Gasteiger charge is 2.53. The predicted molar refractivity (Wildman–Crippen MR) is 146 cm³/mol. The number of hydrogen-bond donors (Lipinski definition) is 1. The van der Waals surface area contributed by atoms with Crippen LogP contribution in [0.5, 0.6) is 5.88 Å². The van der Waals surface area contributed by atoms with Gasteiger partial charge in [-0.1, -0.05) is 24.8 Å². The lowest BCUT2D eigenvalue weighted by molar-refractivity contribution is -0.141. The Morgan fingerprint density at radius 1 is 1.02 bits per heavy atom. The summed E-state index contributed by atoms with van der Waals surface area (Å²) >= 11 is 0. The molecule has 1 aromatic carbocycles. The third-order valence-electron chi connectivity index (χ3n) is 8.32. The molecule has 11 heteroatoms. The van der Waals surface area contributed by atoms with Gasteiger partial charge < -0.3 is 19.9 Å². The number of hydrogen-bond acceptors (Lipinski definition) is 7. The van der Waals surface area contributed by atoms with Gasteiger partial charge in [0.05, 0.1) is 11.1 Å². The number of halogens is 3. The van der Waals surface area contributed by atoms with Gasteiger partial charge in [0.15, 0.2) is 0 Å². The van der Waals surface area contributed by atoms with Crippen molar-refractivity contribution in [2.24, 2.45) is 5.41 Å². The summed E-state index contributed by atoms with van der Waals surface area (Å²) in [5.74, 6) is 0.124. The van der Waals surface area contributed by atoms with E-state index < -0.39 is 17.3 Å². The van der Waals surface area contributed by atoms with Crippen LogP contribution in [0.25, 0.3) is 0 Å². The topological polar surface area (TPSA) is 83.5 Å². The molecular formula is C30H31F3N6O2. The minimum Gasteiger partial charge on any atom is -0.472 e. The first kappa shape index (κ1) is 27.0. The fraction of sp³-hybridized carbons (Fsp3) is 0.400. The van der Waals surface area contributed by atoms with Crippen LogP contribution in [-0.4, -0.2) is 52.7 Å². The average Bonchev–Trinajstić information content (AvgIpc) is 3.70. The molecule has 0 bridgehead atoms. The number of aromatic nitrogens is 3. The summed E-state index contributed by atoms with van der Waals surface area (Å²) in [4.78, 5) is 21.2. The van der Waals surface area contributed by atoms with Gasteiger partial charge in [0.2, 0.25) is 11.8 Å².